The molecule has 8 nitrogen and oxygen atoms in total. The number of hydrogen-bond donors (Lipinski definition) is 3. The van der Waals surface area contributed by atoms with Crippen molar-refractivity contribution in [3.05, 3.63) is 24.3 Å². The number of quaternary nitrogens is 1. The van der Waals surface area contributed by atoms with Crippen molar-refractivity contribution in [2.75, 3.05) is 40.9 Å². The van der Waals surface area contributed by atoms with Crippen molar-refractivity contribution in [1.29, 1.82) is 0 Å². The summed E-state index contributed by atoms with van der Waals surface area (Å²) >= 11 is 0. The van der Waals surface area contributed by atoms with Gasteiger partial charge in [0.25, 0.3) is 0 Å². The first-order chi connectivity index (χ1) is 33.5. The molecular formula is C60H120N2O6P+. The van der Waals surface area contributed by atoms with E-state index in [1.54, 1.807) is 6.08 Å². The predicted molar refractivity (Wildman–Crippen MR) is 300 cm³/mol. The number of phosphoric acid groups is 1. The van der Waals surface area contributed by atoms with Gasteiger partial charge in [0.05, 0.1) is 39.9 Å². The van der Waals surface area contributed by atoms with E-state index >= 15 is 0 Å². The number of unbranched alkanes of at least 4 members (excludes halogenated alkanes) is 41. The fourth-order valence-electron chi connectivity index (χ4n) is 9.18. The molecule has 3 unspecified atom stereocenters. The van der Waals surface area contributed by atoms with Crippen molar-refractivity contribution in [3.8, 4) is 0 Å². The number of aliphatic hydroxyl groups excluding tert-OH is 1. The van der Waals surface area contributed by atoms with Gasteiger partial charge in [-0.05, 0) is 32.1 Å². The number of carbonyl (C=O) groups is 1. The molecule has 69 heavy (non-hydrogen) atoms. The van der Waals surface area contributed by atoms with Crippen LogP contribution in [0.5, 0.6) is 0 Å². The van der Waals surface area contributed by atoms with Crippen molar-refractivity contribution in [2.24, 2.45) is 0 Å². The van der Waals surface area contributed by atoms with Crippen LogP contribution >= 0.6 is 7.82 Å². The van der Waals surface area contributed by atoms with Crippen molar-refractivity contribution in [1.82, 2.24) is 5.32 Å². The van der Waals surface area contributed by atoms with Gasteiger partial charge in [-0.2, -0.15) is 0 Å². The summed E-state index contributed by atoms with van der Waals surface area (Å²) < 4.78 is 23.6. The van der Waals surface area contributed by atoms with Crippen molar-refractivity contribution in [2.45, 2.75) is 315 Å². The molecule has 3 N–H and O–H groups in total. The van der Waals surface area contributed by atoms with Crippen LogP contribution < -0.4 is 5.32 Å². The van der Waals surface area contributed by atoms with Crippen LogP contribution in [0, 0.1) is 0 Å². The zero-order valence-electron chi connectivity index (χ0n) is 46.8. The minimum atomic E-state index is -4.34. The van der Waals surface area contributed by atoms with Crippen LogP contribution in [0.4, 0.5) is 0 Å². The molecule has 0 saturated carbocycles. The van der Waals surface area contributed by atoms with Gasteiger partial charge in [0.2, 0.25) is 5.91 Å². The van der Waals surface area contributed by atoms with Crippen LogP contribution in [0.25, 0.3) is 0 Å². The lowest BCUT2D eigenvalue weighted by molar-refractivity contribution is -0.870. The number of phosphoric ester groups is 1. The highest BCUT2D eigenvalue weighted by molar-refractivity contribution is 7.47. The SMILES string of the molecule is CCCCCC/C=C/CC/C=C/C(O)C(COP(=O)(O)OCC[N+](C)(C)C)NC(=O)CCCCCCCCCCCCCCCCCCCCCCCCCCCCCCCCCCCCCCC. The normalized spacial score (nSPS) is 14.0. The van der Waals surface area contributed by atoms with Crippen LogP contribution in [0.1, 0.15) is 303 Å². The maximum atomic E-state index is 12.9. The maximum Gasteiger partial charge on any atom is 0.472 e. The van der Waals surface area contributed by atoms with Gasteiger partial charge in [-0.1, -0.05) is 289 Å². The second kappa shape index (κ2) is 51.9. The molecule has 0 aromatic rings. The molecule has 0 aliphatic carbocycles. The first kappa shape index (κ1) is 68.0. The number of nitrogens with one attached hydrogen (secondary N) is 1. The molecule has 0 radical (unpaired) electrons. The Morgan fingerprint density at radius 3 is 1.16 bits per heavy atom. The fraction of sp³-hybridized carbons (Fsp3) is 0.917. The Labute approximate surface area is 430 Å². The quantitative estimate of drug-likeness (QED) is 0.0243. The lowest BCUT2D eigenvalue weighted by atomic mass is 10.0. The zero-order valence-corrected chi connectivity index (χ0v) is 47.7. The monoisotopic (exact) mass is 996 g/mol. The van der Waals surface area contributed by atoms with E-state index < -0.39 is 20.0 Å². The molecule has 0 spiro atoms. The second-order valence-corrected chi connectivity index (χ2v) is 23.5. The number of hydrogen-bond acceptors (Lipinski definition) is 5. The molecule has 1 amide bonds. The summed E-state index contributed by atoms with van der Waals surface area (Å²) in [5.74, 6) is -0.183. The third kappa shape index (κ3) is 54.6. The highest BCUT2D eigenvalue weighted by atomic mass is 31.2. The molecule has 0 saturated heterocycles. The van der Waals surface area contributed by atoms with Crippen LogP contribution in [0.2, 0.25) is 0 Å². The van der Waals surface area contributed by atoms with Crippen molar-refractivity contribution >= 4 is 13.7 Å². The fourth-order valence-corrected chi connectivity index (χ4v) is 9.92. The molecule has 0 aliphatic rings. The van der Waals surface area contributed by atoms with Gasteiger partial charge in [0.15, 0.2) is 0 Å². The molecule has 9 heteroatoms. The highest BCUT2D eigenvalue weighted by Gasteiger charge is 2.27. The Morgan fingerprint density at radius 1 is 0.478 bits per heavy atom. The summed E-state index contributed by atoms with van der Waals surface area (Å²) in [5.41, 5.74) is 0. The minimum absolute atomic E-state index is 0.0582. The summed E-state index contributed by atoms with van der Waals surface area (Å²) in [6.07, 6.45) is 66.3. The molecule has 0 bridgehead atoms. The third-order valence-corrected chi connectivity index (χ3v) is 14.9. The van der Waals surface area contributed by atoms with Gasteiger partial charge in [0.1, 0.15) is 13.2 Å². The van der Waals surface area contributed by atoms with E-state index in [9.17, 15) is 19.4 Å². The first-order valence-electron chi connectivity index (χ1n) is 30.2. The van der Waals surface area contributed by atoms with Crippen molar-refractivity contribution in [3.63, 3.8) is 0 Å². The Balaban J connectivity index is 3.82. The van der Waals surface area contributed by atoms with Gasteiger partial charge in [0, 0.05) is 6.42 Å². The summed E-state index contributed by atoms with van der Waals surface area (Å²) in [6.45, 7) is 4.79. The summed E-state index contributed by atoms with van der Waals surface area (Å²) in [7, 11) is 1.56. The smallest absolute Gasteiger partial charge is 0.387 e. The number of amides is 1. The number of aliphatic hydroxyl groups is 1. The van der Waals surface area contributed by atoms with E-state index in [-0.39, 0.29) is 19.1 Å². The lowest BCUT2D eigenvalue weighted by Crippen LogP contribution is -2.45. The molecular weight excluding hydrogens is 876 g/mol. The van der Waals surface area contributed by atoms with E-state index in [2.05, 4.69) is 31.3 Å². The average Bonchev–Trinajstić information content (AvgIpc) is 3.31. The molecule has 0 fully saturated rings. The molecule has 0 rings (SSSR count). The highest BCUT2D eigenvalue weighted by Crippen LogP contribution is 2.43. The maximum absolute atomic E-state index is 12.9. The van der Waals surface area contributed by atoms with Gasteiger partial charge in [-0.15, -0.1) is 0 Å². The van der Waals surface area contributed by atoms with Gasteiger partial charge in [-0.3, -0.25) is 13.8 Å². The van der Waals surface area contributed by atoms with Gasteiger partial charge < -0.3 is 19.8 Å². The minimum Gasteiger partial charge on any atom is -0.387 e. The van der Waals surface area contributed by atoms with E-state index in [1.807, 2.05) is 27.2 Å². The largest absolute Gasteiger partial charge is 0.472 e. The topological polar surface area (TPSA) is 105 Å². The van der Waals surface area contributed by atoms with E-state index in [0.717, 1.165) is 38.5 Å². The van der Waals surface area contributed by atoms with Crippen LogP contribution in [0.3, 0.4) is 0 Å². The summed E-state index contributed by atoms with van der Waals surface area (Å²) in [4.78, 5) is 23.2. The number of rotatable bonds is 56. The first-order valence-corrected chi connectivity index (χ1v) is 31.7. The van der Waals surface area contributed by atoms with Crippen molar-refractivity contribution < 1.29 is 32.9 Å². The lowest BCUT2D eigenvalue weighted by Gasteiger charge is -2.25. The molecule has 0 aromatic carbocycles. The summed E-state index contributed by atoms with van der Waals surface area (Å²) in [6, 6.07) is -0.858. The van der Waals surface area contributed by atoms with Crippen LogP contribution in [-0.4, -0.2) is 73.4 Å². The Kier molecular flexibility index (Phi) is 51.1. The summed E-state index contributed by atoms with van der Waals surface area (Å²) in [5, 5.41) is 13.8. The van der Waals surface area contributed by atoms with Gasteiger partial charge >= 0.3 is 7.82 Å². The third-order valence-electron chi connectivity index (χ3n) is 13.9. The Morgan fingerprint density at radius 2 is 0.797 bits per heavy atom. The number of likely N-dealkylation sites (N-methyl/N-ethyl adjacent to an activating group) is 1. The molecule has 0 aliphatic heterocycles. The Bertz CT molecular complexity index is 1170. The Hall–Kier alpha value is -1.02. The number of nitrogens with zero attached hydrogens (tertiary/aromatic N) is 1. The number of carbonyl (C=O) groups excluding carboxylic acids is 1. The molecule has 410 valence electrons. The second-order valence-electron chi connectivity index (χ2n) is 22.1. The number of allylic oxidation sites excluding steroid dienone is 3. The standard InChI is InChI=1S/C60H119N2O6P/c1-6-8-10-12-14-16-18-19-20-21-22-23-24-25-26-27-28-29-30-31-32-33-34-35-36-37-38-39-40-41-42-43-44-46-48-50-52-54-60(64)61-58(57-68-69(65,66)67-56-55-62(3,4)5)59(63)53-51-49-47-45-17-15-13-11-9-7-2/h17,45,51,53,58-59,63H,6-16,18-44,46-50,52,54-57H2,1-5H3,(H-,61,64,65,66)/p+1/b45-17+,53-51+. The van der Waals surface area contributed by atoms with E-state index in [4.69, 9.17) is 9.05 Å². The van der Waals surface area contributed by atoms with Gasteiger partial charge in [-0.25, -0.2) is 4.57 Å². The van der Waals surface area contributed by atoms with Crippen LogP contribution in [0.15, 0.2) is 24.3 Å². The van der Waals surface area contributed by atoms with E-state index in [1.165, 1.54) is 244 Å². The molecule has 0 aromatic heterocycles. The molecule has 3 atom stereocenters. The van der Waals surface area contributed by atoms with Crippen LogP contribution in [-0.2, 0) is 18.4 Å². The van der Waals surface area contributed by atoms with E-state index in [0.29, 0.717) is 17.4 Å². The molecule has 0 heterocycles. The predicted octanol–water partition coefficient (Wildman–Crippen LogP) is 18.4. The zero-order chi connectivity index (χ0) is 50.6. The average molecular weight is 997 g/mol.